The molecule has 20 heavy (non-hydrogen) atoms. The van der Waals surface area contributed by atoms with Crippen LogP contribution in [0.25, 0.3) is 10.8 Å². The van der Waals surface area contributed by atoms with Gasteiger partial charge < -0.3 is 9.73 Å². The van der Waals surface area contributed by atoms with Crippen LogP contribution in [0.15, 0.2) is 10.5 Å². The van der Waals surface area contributed by atoms with E-state index in [2.05, 4.69) is 35.4 Å². The molecule has 1 N–H and O–H groups in total. The molecule has 3 heterocycles. The molecule has 6 heteroatoms. The number of rotatable bonds is 5. The summed E-state index contributed by atoms with van der Waals surface area (Å²) in [4.78, 5) is 2.60. The second-order valence-electron chi connectivity index (χ2n) is 4.83. The molecule has 2 aromatic heterocycles. The Morgan fingerprint density at radius 3 is 3.05 bits per heavy atom. The van der Waals surface area contributed by atoms with Crippen LogP contribution in [0, 0.1) is 0 Å². The van der Waals surface area contributed by atoms with Crippen molar-refractivity contribution >= 4 is 23.1 Å². The predicted octanol–water partition coefficient (Wildman–Crippen LogP) is 3.65. The molecule has 108 valence electrons. The first-order valence-electron chi connectivity index (χ1n) is 7.08. The zero-order valence-corrected chi connectivity index (χ0v) is 13.4. The van der Waals surface area contributed by atoms with E-state index in [1.54, 1.807) is 11.3 Å². The van der Waals surface area contributed by atoms with Crippen molar-refractivity contribution in [1.29, 1.82) is 0 Å². The highest BCUT2D eigenvalue weighted by atomic mass is 32.2. The summed E-state index contributed by atoms with van der Waals surface area (Å²) in [5.74, 6) is 3.70. The molecule has 0 bridgehead atoms. The average Bonchev–Trinajstić information content (AvgIpc) is 3.10. The Morgan fingerprint density at radius 1 is 1.40 bits per heavy atom. The topological polar surface area (TPSA) is 51.0 Å². The first kappa shape index (κ1) is 14.1. The first-order chi connectivity index (χ1) is 9.81. The second-order valence-corrected chi connectivity index (χ2v) is 7.07. The lowest BCUT2D eigenvalue weighted by atomic mass is 10.2. The third kappa shape index (κ3) is 2.77. The average molecular weight is 309 g/mol. The van der Waals surface area contributed by atoms with Crippen molar-refractivity contribution in [3.63, 3.8) is 0 Å². The lowest BCUT2D eigenvalue weighted by Crippen LogP contribution is -2.20. The second kappa shape index (κ2) is 6.28. The fraction of sp³-hybridized carbons (Fsp3) is 0.571. The number of thioether (sulfide) groups is 1. The van der Waals surface area contributed by atoms with Crippen LogP contribution in [0.4, 0.5) is 0 Å². The van der Waals surface area contributed by atoms with E-state index >= 15 is 0 Å². The Hall–Kier alpha value is -0.850. The molecule has 4 nitrogen and oxygen atoms in total. The molecule has 1 aliphatic heterocycles. The Labute approximate surface area is 127 Å². The predicted molar refractivity (Wildman–Crippen MR) is 84.2 cm³/mol. The molecular formula is C14H19N3OS2. The Balaban J connectivity index is 1.84. The zero-order valence-electron chi connectivity index (χ0n) is 11.8. The Morgan fingerprint density at radius 2 is 2.30 bits per heavy atom. The van der Waals surface area contributed by atoms with E-state index in [1.165, 1.54) is 22.6 Å². The Bertz CT molecular complexity index is 555. The molecule has 0 spiro atoms. The fourth-order valence-electron chi connectivity index (χ4n) is 2.38. The zero-order chi connectivity index (χ0) is 13.9. The number of aromatic nitrogens is 2. The van der Waals surface area contributed by atoms with Crippen LogP contribution in [0.2, 0.25) is 0 Å². The third-order valence-corrected chi connectivity index (χ3v) is 5.67. The molecule has 0 amide bonds. The molecule has 1 aliphatic rings. The normalized spacial score (nSPS) is 16.1. The highest BCUT2D eigenvalue weighted by Crippen LogP contribution is 2.36. The maximum atomic E-state index is 5.87. The fourth-order valence-corrected chi connectivity index (χ4v) is 4.67. The van der Waals surface area contributed by atoms with E-state index in [1.807, 2.05) is 11.8 Å². The number of aryl methyl sites for hydroxylation is 1. The van der Waals surface area contributed by atoms with E-state index in [9.17, 15) is 0 Å². The minimum absolute atomic E-state index is 0.159. The van der Waals surface area contributed by atoms with Gasteiger partial charge in [0.25, 0.3) is 5.89 Å². The number of hydrogen-bond donors (Lipinski definition) is 1. The third-order valence-electron chi connectivity index (χ3n) is 3.44. The number of nitrogens with zero attached hydrogens (tertiary/aromatic N) is 2. The largest absolute Gasteiger partial charge is 0.418 e. The molecule has 2 aromatic rings. The van der Waals surface area contributed by atoms with Gasteiger partial charge in [0.1, 0.15) is 0 Å². The van der Waals surface area contributed by atoms with Crippen LogP contribution < -0.4 is 5.32 Å². The highest BCUT2D eigenvalue weighted by Gasteiger charge is 2.20. The van der Waals surface area contributed by atoms with Gasteiger partial charge in [-0.1, -0.05) is 13.8 Å². The van der Waals surface area contributed by atoms with Gasteiger partial charge in [-0.05, 0) is 36.8 Å². The van der Waals surface area contributed by atoms with Gasteiger partial charge in [0.15, 0.2) is 0 Å². The molecular weight excluding hydrogens is 290 g/mol. The summed E-state index contributed by atoms with van der Waals surface area (Å²) in [6.07, 6.45) is 2.12. The van der Waals surface area contributed by atoms with Crippen LogP contribution in [-0.4, -0.2) is 22.5 Å². The summed E-state index contributed by atoms with van der Waals surface area (Å²) >= 11 is 3.80. The van der Waals surface area contributed by atoms with Gasteiger partial charge in [-0.25, -0.2) is 0 Å². The van der Waals surface area contributed by atoms with Crippen molar-refractivity contribution < 1.29 is 4.42 Å². The number of fused-ring (bicyclic) bond motifs is 1. The van der Waals surface area contributed by atoms with Gasteiger partial charge in [0, 0.05) is 10.6 Å². The van der Waals surface area contributed by atoms with Crippen molar-refractivity contribution in [2.75, 3.05) is 12.3 Å². The molecule has 0 aromatic carbocycles. The quantitative estimate of drug-likeness (QED) is 0.913. The van der Waals surface area contributed by atoms with Gasteiger partial charge in [0.2, 0.25) is 5.89 Å². The monoisotopic (exact) mass is 309 g/mol. The summed E-state index contributed by atoms with van der Waals surface area (Å²) in [6, 6.07) is 2.38. The van der Waals surface area contributed by atoms with E-state index in [-0.39, 0.29) is 6.04 Å². The molecule has 0 fully saturated rings. The van der Waals surface area contributed by atoms with Crippen LogP contribution in [0.3, 0.4) is 0 Å². The summed E-state index contributed by atoms with van der Waals surface area (Å²) in [5, 5.41) is 11.8. The lowest BCUT2D eigenvalue weighted by Gasteiger charge is -2.09. The minimum atomic E-state index is 0.159. The lowest BCUT2D eigenvalue weighted by molar-refractivity contribution is 0.402. The molecule has 1 unspecified atom stereocenters. The van der Waals surface area contributed by atoms with E-state index in [0.29, 0.717) is 11.8 Å². The molecule has 3 rings (SSSR count). The maximum absolute atomic E-state index is 5.87. The molecule has 0 saturated carbocycles. The highest BCUT2D eigenvalue weighted by molar-refractivity contribution is 7.98. The molecule has 0 saturated heterocycles. The molecule has 0 radical (unpaired) electrons. The number of thiophene rings is 1. The van der Waals surface area contributed by atoms with Gasteiger partial charge in [0.05, 0.1) is 10.9 Å². The molecule has 0 aliphatic carbocycles. The van der Waals surface area contributed by atoms with Crippen LogP contribution in [0.1, 0.15) is 42.6 Å². The van der Waals surface area contributed by atoms with Gasteiger partial charge >= 0.3 is 0 Å². The van der Waals surface area contributed by atoms with Crippen molar-refractivity contribution in [3.05, 3.63) is 22.4 Å². The van der Waals surface area contributed by atoms with Gasteiger partial charge in [-0.15, -0.1) is 21.5 Å². The first-order valence-corrected chi connectivity index (χ1v) is 9.05. The van der Waals surface area contributed by atoms with Crippen LogP contribution in [-0.2, 0) is 12.2 Å². The van der Waals surface area contributed by atoms with Crippen molar-refractivity contribution in [3.8, 4) is 10.8 Å². The molecule has 1 atom stereocenters. The van der Waals surface area contributed by atoms with Crippen LogP contribution >= 0.6 is 23.1 Å². The summed E-state index contributed by atoms with van der Waals surface area (Å²) in [5.41, 5.74) is 1.44. The van der Waals surface area contributed by atoms with Crippen molar-refractivity contribution in [2.45, 2.75) is 38.5 Å². The summed E-state index contributed by atoms with van der Waals surface area (Å²) < 4.78 is 5.87. The number of hydrogen-bond acceptors (Lipinski definition) is 6. The minimum Gasteiger partial charge on any atom is -0.418 e. The van der Waals surface area contributed by atoms with Gasteiger partial charge in [-0.2, -0.15) is 11.8 Å². The SMILES string of the molecule is CCNC(CC)c1nnc(-c2cc3c(s2)CCSC3)o1. The van der Waals surface area contributed by atoms with E-state index < -0.39 is 0 Å². The standard InChI is InChI=1S/C14H19N3OS2/c1-3-10(15-4-2)13-16-17-14(18-13)12-7-9-8-19-6-5-11(9)20-12/h7,10,15H,3-6,8H2,1-2H3. The smallest absolute Gasteiger partial charge is 0.257 e. The van der Waals surface area contributed by atoms with E-state index in [0.717, 1.165) is 23.6 Å². The number of nitrogens with one attached hydrogen (secondary N) is 1. The van der Waals surface area contributed by atoms with Crippen LogP contribution in [0.5, 0.6) is 0 Å². The maximum Gasteiger partial charge on any atom is 0.257 e. The van der Waals surface area contributed by atoms with E-state index in [4.69, 9.17) is 4.42 Å². The van der Waals surface area contributed by atoms with Crippen molar-refractivity contribution in [1.82, 2.24) is 15.5 Å². The summed E-state index contributed by atoms with van der Waals surface area (Å²) in [6.45, 7) is 5.12. The summed E-state index contributed by atoms with van der Waals surface area (Å²) in [7, 11) is 0. The van der Waals surface area contributed by atoms with Crippen molar-refractivity contribution in [2.24, 2.45) is 0 Å². The van der Waals surface area contributed by atoms with Gasteiger partial charge in [-0.3, -0.25) is 0 Å². The Kier molecular flexibility index (Phi) is 4.43.